The van der Waals surface area contributed by atoms with E-state index in [1.54, 1.807) is 0 Å². The zero-order valence-electron chi connectivity index (χ0n) is 9.77. The lowest BCUT2D eigenvalue weighted by Gasteiger charge is -2.28. The van der Waals surface area contributed by atoms with Gasteiger partial charge in [0.2, 0.25) is 5.91 Å². The molecule has 1 aliphatic heterocycles. The fourth-order valence-corrected chi connectivity index (χ4v) is 3.66. The van der Waals surface area contributed by atoms with Crippen LogP contribution in [0.3, 0.4) is 0 Å². The molecule has 1 fully saturated rings. The smallest absolute Gasteiger partial charge is 0.234 e. The van der Waals surface area contributed by atoms with Crippen LogP contribution in [-0.2, 0) is 14.6 Å². The number of amides is 1. The fraction of sp³-hybridized carbons (Fsp3) is 0.900. The lowest BCUT2D eigenvalue weighted by atomic mass is 10.0. The molecule has 0 aliphatic carbocycles. The standard InChI is InChI=1S/C10H20N2O3S/c1-7(2)9(10(11)13)12-8-4-3-5-16(14,15)6-8/h7-9,12H,3-6H2,1-2H3,(H2,11,13). The van der Waals surface area contributed by atoms with E-state index in [2.05, 4.69) is 5.32 Å². The van der Waals surface area contributed by atoms with E-state index in [9.17, 15) is 13.2 Å². The summed E-state index contributed by atoms with van der Waals surface area (Å²) in [6.07, 6.45) is 1.44. The molecular formula is C10H20N2O3S. The predicted octanol–water partition coefficient (Wildman–Crippen LogP) is -0.337. The molecule has 1 aliphatic rings. The first-order valence-corrected chi connectivity index (χ1v) is 7.40. The zero-order valence-corrected chi connectivity index (χ0v) is 10.6. The third-order valence-corrected chi connectivity index (χ3v) is 4.67. The Hall–Kier alpha value is -0.620. The quantitative estimate of drug-likeness (QED) is 0.712. The highest BCUT2D eigenvalue weighted by atomic mass is 32.2. The molecule has 0 aromatic heterocycles. The number of primary amides is 1. The van der Waals surface area contributed by atoms with Crippen molar-refractivity contribution in [2.75, 3.05) is 11.5 Å². The normalized spacial score (nSPS) is 26.6. The summed E-state index contributed by atoms with van der Waals surface area (Å²) in [6.45, 7) is 3.78. The summed E-state index contributed by atoms with van der Waals surface area (Å²) in [7, 11) is -2.94. The van der Waals surface area contributed by atoms with Crippen molar-refractivity contribution in [3.05, 3.63) is 0 Å². The first kappa shape index (κ1) is 13.4. The van der Waals surface area contributed by atoms with E-state index >= 15 is 0 Å². The largest absolute Gasteiger partial charge is 0.368 e. The van der Waals surface area contributed by atoms with Crippen molar-refractivity contribution in [2.24, 2.45) is 11.7 Å². The molecule has 2 unspecified atom stereocenters. The van der Waals surface area contributed by atoms with Crippen LogP contribution in [0.25, 0.3) is 0 Å². The molecule has 94 valence electrons. The summed E-state index contributed by atoms with van der Waals surface area (Å²) in [5, 5.41) is 3.06. The fourth-order valence-electron chi connectivity index (χ4n) is 2.01. The Balaban J connectivity index is 2.62. The minimum absolute atomic E-state index is 0.0714. The summed E-state index contributed by atoms with van der Waals surface area (Å²) in [5.74, 6) is 0.0255. The summed E-state index contributed by atoms with van der Waals surface area (Å²) in [6, 6.07) is -0.586. The van der Waals surface area contributed by atoms with Crippen LogP contribution in [0.4, 0.5) is 0 Å². The Morgan fingerprint density at radius 1 is 1.44 bits per heavy atom. The molecule has 1 saturated heterocycles. The maximum Gasteiger partial charge on any atom is 0.234 e. The second-order valence-corrected chi connectivity index (χ2v) is 6.97. The number of nitrogens with one attached hydrogen (secondary N) is 1. The molecular weight excluding hydrogens is 228 g/mol. The van der Waals surface area contributed by atoms with Gasteiger partial charge in [-0.05, 0) is 18.8 Å². The molecule has 1 heterocycles. The van der Waals surface area contributed by atoms with Crippen LogP contribution < -0.4 is 11.1 Å². The van der Waals surface area contributed by atoms with Gasteiger partial charge < -0.3 is 11.1 Å². The monoisotopic (exact) mass is 248 g/mol. The summed E-state index contributed by atoms with van der Waals surface area (Å²) >= 11 is 0. The van der Waals surface area contributed by atoms with Crippen molar-refractivity contribution in [1.82, 2.24) is 5.32 Å². The van der Waals surface area contributed by atoms with Gasteiger partial charge in [0.15, 0.2) is 9.84 Å². The van der Waals surface area contributed by atoms with E-state index in [0.717, 1.165) is 6.42 Å². The van der Waals surface area contributed by atoms with Crippen molar-refractivity contribution in [1.29, 1.82) is 0 Å². The van der Waals surface area contributed by atoms with Gasteiger partial charge in [0.05, 0.1) is 17.5 Å². The lowest BCUT2D eigenvalue weighted by Crippen LogP contribution is -2.52. The topological polar surface area (TPSA) is 89.3 Å². The Morgan fingerprint density at radius 3 is 2.50 bits per heavy atom. The van der Waals surface area contributed by atoms with Gasteiger partial charge >= 0.3 is 0 Å². The number of rotatable bonds is 4. The number of sulfone groups is 1. The summed E-state index contributed by atoms with van der Waals surface area (Å²) < 4.78 is 22.9. The van der Waals surface area contributed by atoms with Crippen LogP contribution in [0.1, 0.15) is 26.7 Å². The molecule has 1 rings (SSSR count). The van der Waals surface area contributed by atoms with Crippen molar-refractivity contribution >= 4 is 15.7 Å². The van der Waals surface area contributed by atoms with Crippen molar-refractivity contribution in [3.63, 3.8) is 0 Å². The average molecular weight is 248 g/mol. The zero-order chi connectivity index (χ0) is 12.3. The van der Waals surface area contributed by atoms with Gasteiger partial charge in [-0.2, -0.15) is 0 Å². The van der Waals surface area contributed by atoms with Crippen LogP contribution in [0, 0.1) is 5.92 Å². The van der Waals surface area contributed by atoms with Crippen LogP contribution in [0.2, 0.25) is 0 Å². The summed E-state index contributed by atoms with van der Waals surface area (Å²) in [4.78, 5) is 11.2. The Morgan fingerprint density at radius 2 is 2.06 bits per heavy atom. The molecule has 0 radical (unpaired) electrons. The number of hydrogen-bond acceptors (Lipinski definition) is 4. The highest BCUT2D eigenvalue weighted by Crippen LogP contribution is 2.14. The van der Waals surface area contributed by atoms with E-state index in [4.69, 9.17) is 5.73 Å². The van der Waals surface area contributed by atoms with E-state index in [1.165, 1.54) is 0 Å². The van der Waals surface area contributed by atoms with Crippen LogP contribution in [0.5, 0.6) is 0 Å². The third kappa shape index (κ3) is 3.75. The number of hydrogen-bond donors (Lipinski definition) is 2. The number of nitrogens with two attached hydrogens (primary N) is 1. The second kappa shape index (κ2) is 5.14. The van der Waals surface area contributed by atoms with E-state index in [-0.39, 0.29) is 23.5 Å². The first-order valence-electron chi connectivity index (χ1n) is 5.57. The molecule has 0 spiro atoms. The number of carbonyl (C=O) groups excluding carboxylic acids is 1. The maximum absolute atomic E-state index is 11.4. The Labute approximate surface area is 96.7 Å². The van der Waals surface area contributed by atoms with Crippen LogP contribution in [-0.4, -0.2) is 37.9 Å². The minimum Gasteiger partial charge on any atom is -0.368 e. The molecule has 3 N–H and O–H groups in total. The molecule has 2 atom stereocenters. The van der Waals surface area contributed by atoms with Crippen molar-refractivity contribution in [3.8, 4) is 0 Å². The van der Waals surface area contributed by atoms with E-state index in [0.29, 0.717) is 6.42 Å². The molecule has 1 amide bonds. The van der Waals surface area contributed by atoms with Crippen molar-refractivity contribution in [2.45, 2.75) is 38.8 Å². The lowest BCUT2D eigenvalue weighted by molar-refractivity contribution is -0.121. The molecule has 6 heteroatoms. The van der Waals surface area contributed by atoms with E-state index in [1.807, 2.05) is 13.8 Å². The molecule has 16 heavy (non-hydrogen) atoms. The van der Waals surface area contributed by atoms with Gasteiger partial charge in [-0.15, -0.1) is 0 Å². The molecule has 0 aromatic carbocycles. The van der Waals surface area contributed by atoms with Crippen LogP contribution >= 0.6 is 0 Å². The Bertz CT molecular complexity index is 351. The van der Waals surface area contributed by atoms with E-state index < -0.39 is 21.8 Å². The highest BCUT2D eigenvalue weighted by Gasteiger charge is 2.29. The van der Waals surface area contributed by atoms with Crippen LogP contribution in [0.15, 0.2) is 0 Å². The summed E-state index contributed by atoms with van der Waals surface area (Å²) in [5.41, 5.74) is 5.27. The molecule has 0 saturated carbocycles. The molecule has 0 bridgehead atoms. The van der Waals surface area contributed by atoms with Gasteiger partial charge in [0, 0.05) is 6.04 Å². The predicted molar refractivity (Wildman–Crippen MR) is 62.6 cm³/mol. The van der Waals surface area contributed by atoms with Gasteiger partial charge in [-0.1, -0.05) is 13.8 Å². The van der Waals surface area contributed by atoms with Gasteiger partial charge in [-0.25, -0.2) is 8.42 Å². The molecule has 5 nitrogen and oxygen atoms in total. The highest BCUT2D eigenvalue weighted by molar-refractivity contribution is 7.91. The molecule has 0 aromatic rings. The van der Waals surface area contributed by atoms with Gasteiger partial charge in [0.25, 0.3) is 0 Å². The Kier molecular flexibility index (Phi) is 4.32. The van der Waals surface area contributed by atoms with Gasteiger partial charge in [0.1, 0.15) is 0 Å². The number of carbonyl (C=O) groups is 1. The average Bonchev–Trinajstić information content (AvgIpc) is 2.11. The third-order valence-electron chi connectivity index (χ3n) is 2.85. The SMILES string of the molecule is CC(C)C(NC1CCCS(=O)(=O)C1)C(N)=O. The second-order valence-electron chi connectivity index (χ2n) is 4.74. The first-order chi connectivity index (χ1) is 7.32. The van der Waals surface area contributed by atoms with Crippen molar-refractivity contribution < 1.29 is 13.2 Å². The maximum atomic E-state index is 11.4. The minimum atomic E-state index is -2.94. The van der Waals surface area contributed by atoms with Gasteiger partial charge in [-0.3, -0.25) is 4.79 Å².